The Labute approximate surface area is 284 Å². The van der Waals surface area contributed by atoms with E-state index in [1.807, 2.05) is 0 Å². The Kier molecular flexibility index (Phi) is 6.22. The van der Waals surface area contributed by atoms with E-state index >= 15 is 0 Å². The van der Waals surface area contributed by atoms with Crippen LogP contribution in [0, 0.1) is 0 Å². The maximum Gasteiger partial charge on any atom is 0.146 e. The second-order valence-electron chi connectivity index (χ2n) is 12.8. The first-order chi connectivity index (χ1) is 24.3. The molecule has 0 atom stereocenters. The van der Waals surface area contributed by atoms with Gasteiger partial charge in [-0.25, -0.2) is 4.98 Å². The lowest BCUT2D eigenvalue weighted by atomic mass is 9.95. The van der Waals surface area contributed by atoms with E-state index in [-0.39, 0.29) is 0 Å². The van der Waals surface area contributed by atoms with E-state index in [0.717, 1.165) is 27.6 Å². The van der Waals surface area contributed by atoms with Gasteiger partial charge in [0.25, 0.3) is 0 Å². The molecular formula is C47H30N2. The molecule has 228 valence electrons. The van der Waals surface area contributed by atoms with Crippen LogP contribution < -0.4 is 0 Å². The molecule has 0 aliphatic carbocycles. The van der Waals surface area contributed by atoms with Gasteiger partial charge in [-0.2, -0.15) is 0 Å². The summed E-state index contributed by atoms with van der Waals surface area (Å²) in [6.45, 7) is 0. The molecule has 0 aliphatic rings. The summed E-state index contributed by atoms with van der Waals surface area (Å²) in [5.41, 5.74) is 14.0. The van der Waals surface area contributed by atoms with Crippen molar-refractivity contribution in [2.75, 3.05) is 0 Å². The molecule has 49 heavy (non-hydrogen) atoms. The summed E-state index contributed by atoms with van der Waals surface area (Å²) in [4.78, 5) is 5.14. The van der Waals surface area contributed by atoms with Crippen molar-refractivity contribution >= 4 is 49.1 Å². The van der Waals surface area contributed by atoms with E-state index < -0.39 is 0 Å². The Bertz CT molecular complexity index is 2840. The number of hydrogen-bond donors (Lipinski definition) is 0. The number of nitrogens with zero attached hydrogens (tertiary/aromatic N) is 2. The summed E-state index contributed by atoms with van der Waals surface area (Å²) in [7, 11) is 0. The lowest BCUT2D eigenvalue weighted by molar-refractivity contribution is 1.31. The highest BCUT2D eigenvalue weighted by Crippen LogP contribution is 2.38. The molecule has 0 saturated heterocycles. The van der Waals surface area contributed by atoms with Gasteiger partial charge in [0.1, 0.15) is 5.65 Å². The van der Waals surface area contributed by atoms with E-state index in [1.54, 1.807) is 0 Å². The maximum absolute atomic E-state index is 5.14. The standard InChI is InChI=1S/C47H30N2/c1-2-8-31(9-3-1)33-14-16-35(17-15-33)39-24-26-41-42(29-39)43-30-40(25-27-45(43)49-46-13-7-6-12-44(46)48-47(41)49)36-20-18-34(19-21-36)38-23-22-32-10-4-5-11-37(32)28-38/h1-30H. The van der Waals surface area contributed by atoms with Crippen LogP contribution in [-0.2, 0) is 0 Å². The molecule has 0 N–H and O–H groups in total. The van der Waals surface area contributed by atoms with Gasteiger partial charge in [0, 0.05) is 10.8 Å². The number of imidazole rings is 1. The number of rotatable bonds is 4. The zero-order chi connectivity index (χ0) is 32.3. The van der Waals surface area contributed by atoms with E-state index in [4.69, 9.17) is 4.98 Å². The number of fused-ring (bicyclic) bond motifs is 9. The van der Waals surface area contributed by atoms with Gasteiger partial charge in [-0.3, -0.25) is 4.40 Å². The lowest BCUT2D eigenvalue weighted by Crippen LogP contribution is -1.93. The quantitative estimate of drug-likeness (QED) is 0.179. The van der Waals surface area contributed by atoms with Crippen molar-refractivity contribution in [2.24, 2.45) is 0 Å². The smallest absolute Gasteiger partial charge is 0.146 e. The third kappa shape index (κ3) is 4.61. The van der Waals surface area contributed by atoms with Gasteiger partial charge in [0.05, 0.1) is 16.6 Å². The Morgan fingerprint density at radius 1 is 0.306 bits per heavy atom. The summed E-state index contributed by atoms with van der Waals surface area (Å²) in [6, 6.07) is 65.8. The number of hydrogen-bond acceptors (Lipinski definition) is 1. The fourth-order valence-corrected chi connectivity index (χ4v) is 7.43. The van der Waals surface area contributed by atoms with Gasteiger partial charge in [-0.1, -0.05) is 140 Å². The minimum absolute atomic E-state index is 0.988. The first-order valence-corrected chi connectivity index (χ1v) is 16.8. The zero-order valence-corrected chi connectivity index (χ0v) is 26.7. The summed E-state index contributed by atoms with van der Waals surface area (Å²) < 4.78 is 2.33. The topological polar surface area (TPSA) is 17.3 Å². The van der Waals surface area contributed by atoms with Crippen molar-refractivity contribution in [1.29, 1.82) is 0 Å². The molecule has 0 amide bonds. The van der Waals surface area contributed by atoms with Gasteiger partial charge < -0.3 is 0 Å². The largest absolute Gasteiger partial charge is 0.292 e. The van der Waals surface area contributed by atoms with Gasteiger partial charge >= 0.3 is 0 Å². The van der Waals surface area contributed by atoms with Crippen LogP contribution in [0.4, 0.5) is 0 Å². The number of benzene rings is 8. The van der Waals surface area contributed by atoms with Crippen molar-refractivity contribution in [2.45, 2.75) is 0 Å². The highest BCUT2D eigenvalue weighted by Gasteiger charge is 2.15. The Hall–Kier alpha value is -6.51. The maximum atomic E-state index is 5.14. The van der Waals surface area contributed by atoms with E-state index in [0.29, 0.717) is 0 Å². The highest BCUT2D eigenvalue weighted by molar-refractivity contribution is 6.15. The van der Waals surface area contributed by atoms with Crippen molar-refractivity contribution in [1.82, 2.24) is 9.38 Å². The van der Waals surface area contributed by atoms with Gasteiger partial charge in [-0.15, -0.1) is 0 Å². The fourth-order valence-electron chi connectivity index (χ4n) is 7.43. The summed E-state index contributed by atoms with van der Waals surface area (Å²) >= 11 is 0. The number of pyridine rings is 1. The van der Waals surface area contributed by atoms with Crippen molar-refractivity contribution in [3.05, 3.63) is 182 Å². The molecule has 8 aromatic carbocycles. The molecule has 0 spiro atoms. The van der Waals surface area contributed by atoms with Crippen LogP contribution >= 0.6 is 0 Å². The SMILES string of the molecule is c1ccc(-c2ccc(-c3ccc4c(c3)c3cc(-c5ccc(-c6ccc7ccccc7c6)cc5)ccc3n3c5ccccc5nc43)cc2)cc1. The van der Waals surface area contributed by atoms with Crippen molar-refractivity contribution in [3.63, 3.8) is 0 Å². The number of para-hydroxylation sites is 2. The monoisotopic (exact) mass is 622 g/mol. The molecule has 2 aromatic heterocycles. The van der Waals surface area contributed by atoms with Gasteiger partial charge in [0.2, 0.25) is 0 Å². The Balaban J connectivity index is 1.12. The molecule has 0 radical (unpaired) electrons. The van der Waals surface area contributed by atoms with Crippen LogP contribution in [0.2, 0.25) is 0 Å². The molecule has 2 nitrogen and oxygen atoms in total. The predicted octanol–water partition coefficient (Wildman–Crippen LogP) is 12.6. The van der Waals surface area contributed by atoms with Crippen LogP contribution in [0.15, 0.2) is 182 Å². The van der Waals surface area contributed by atoms with Crippen molar-refractivity contribution < 1.29 is 0 Å². The van der Waals surface area contributed by atoms with E-state index in [2.05, 4.69) is 186 Å². The molecule has 0 unspecified atom stereocenters. The normalized spacial score (nSPS) is 11.7. The molecule has 0 saturated carbocycles. The summed E-state index contributed by atoms with van der Waals surface area (Å²) in [5, 5.41) is 6.09. The summed E-state index contributed by atoms with van der Waals surface area (Å²) in [5.74, 6) is 0. The van der Waals surface area contributed by atoms with Crippen LogP contribution in [0.3, 0.4) is 0 Å². The summed E-state index contributed by atoms with van der Waals surface area (Å²) in [6.07, 6.45) is 0. The first kappa shape index (κ1) is 27.6. The molecule has 0 aliphatic heterocycles. The molecule has 2 heterocycles. The fraction of sp³-hybridized carbons (Fsp3) is 0. The molecule has 2 heteroatoms. The van der Waals surface area contributed by atoms with Crippen molar-refractivity contribution in [3.8, 4) is 44.5 Å². The van der Waals surface area contributed by atoms with Crippen LogP contribution in [0.25, 0.3) is 93.6 Å². The zero-order valence-electron chi connectivity index (χ0n) is 26.7. The van der Waals surface area contributed by atoms with E-state index in [9.17, 15) is 0 Å². The lowest BCUT2D eigenvalue weighted by Gasteiger charge is -2.13. The number of aromatic nitrogens is 2. The van der Waals surface area contributed by atoms with Crippen LogP contribution in [0.1, 0.15) is 0 Å². The Morgan fingerprint density at radius 3 is 1.55 bits per heavy atom. The minimum atomic E-state index is 0.988. The molecule has 10 rings (SSSR count). The van der Waals surface area contributed by atoms with Crippen LogP contribution in [-0.4, -0.2) is 9.38 Å². The molecular weight excluding hydrogens is 593 g/mol. The van der Waals surface area contributed by atoms with Gasteiger partial charge in [0.15, 0.2) is 0 Å². The molecule has 0 fully saturated rings. The van der Waals surface area contributed by atoms with E-state index in [1.165, 1.54) is 66.1 Å². The molecule has 0 bridgehead atoms. The minimum Gasteiger partial charge on any atom is -0.292 e. The highest BCUT2D eigenvalue weighted by atomic mass is 15.0. The average Bonchev–Trinajstić information content (AvgIpc) is 3.58. The third-order valence-corrected chi connectivity index (χ3v) is 9.98. The Morgan fingerprint density at radius 2 is 0.816 bits per heavy atom. The first-order valence-electron chi connectivity index (χ1n) is 16.8. The third-order valence-electron chi connectivity index (χ3n) is 9.98. The average molecular weight is 623 g/mol. The predicted molar refractivity (Wildman–Crippen MR) is 207 cm³/mol. The second-order valence-corrected chi connectivity index (χ2v) is 12.8. The van der Waals surface area contributed by atoms with Gasteiger partial charge in [-0.05, 0) is 103 Å². The second kappa shape index (κ2) is 11.0. The molecule has 10 aromatic rings. The van der Waals surface area contributed by atoms with Crippen LogP contribution in [0.5, 0.6) is 0 Å².